The highest BCUT2D eigenvalue weighted by atomic mass is 16.5. The largest absolute Gasteiger partial charge is 0.490 e. The van der Waals surface area contributed by atoms with Crippen LogP contribution < -0.4 is 21.7 Å². The second-order valence-electron chi connectivity index (χ2n) is 6.10. The van der Waals surface area contributed by atoms with Crippen LogP contribution in [0.2, 0.25) is 0 Å². The molecule has 10 heteroatoms. The Morgan fingerprint density at radius 3 is 2.67 bits per heavy atom. The van der Waals surface area contributed by atoms with Gasteiger partial charge in [0, 0.05) is 14.1 Å². The summed E-state index contributed by atoms with van der Waals surface area (Å²) in [7, 11) is 2.89. The quantitative estimate of drug-likeness (QED) is 0.567. The summed E-state index contributed by atoms with van der Waals surface area (Å²) in [5, 5.41) is 10.3. The van der Waals surface area contributed by atoms with E-state index in [9.17, 15) is 19.5 Å². The zero-order chi connectivity index (χ0) is 19.7. The average molecular weight is 373 g/mol. The number of para-hydroxylation sites is 1. The fraction of sp³-hybridized carbons (Fsp3) is 0.294. The Kier molecular flexibility index (Phi) is 4.82. The number of primary amides is 1. The van der Waals surface area contributed by atoms with Gasteiger partial charge >= 0.3 is 5.69 Å². The molecule has 0 saturated heterocycles. The highest BCUT2D eigenvalue weighted by molar-refractivity contribution is 5.95. The molecule has 2 aromatic heterocycles. The molecular weight excluding hydrogens is 354 g/mol. The number of carbonyl (C=O) groups excluding carboxylic acids is 1. The number of aromatic nitrogens is 4. The predicted molar refractivity (Wildman–Crippen MR) is 96.7 cm³/mol. The lowest BCUT2D eigenvalue weighted by molar-refractivity contribution is 0.0900. The number of amides is 1. The molecule has 0 fully saturated rings. The Bertz CT molecular complexity index is 1130. The minimum absolute atomic E-state index is 0.0165. The van der Waals surface area contributed by atoms with Crippen LogP contribution in [0.15, 0.2) is 40.2 Å². The Labute approximate surface area is 153 Å². The average Bonchev–Trinajstić information content (AvgIpc) is 3.06. The molecular formula is C17H19N5O5. The molecule has 142 valence electrons. The van der Waals surface area contributed by atoms with Crippen molar-refractivity contribution in [3.8, 4) is 5.75 Å². The Morgan fingerprint density at radius 2 is 1.96 bits per heavy atom. The van der Waals surface area contributed by atoms with Gasteiger partial charge in [0.1, 0.15) is 18.5 Å². The normalized spacial score (nSPS) is 12.3. The topological polar surface area (TPSA) is 134 Å². The van der Waals surface area contributed by atoms with Crippen molar-refractivity contribution in [3.63, 3.8) is 0 Å². The van der Waals surface area contributed by atoms with Crippen molar-refractivity contribution < 1.29 is 14.6 Å². The van der Waals surface area contributed by atoms with Crippen LogP contribution in [0, 0.1) is 0 Å². The SMILES string of the molecule is Cn1c(=O)c2c(ncn2C[C@H](O)COc2ccccc2C(N)=O)n(C)c1=O. The summed E-state index contributed by atoms with van der Waals surface area (Å²) in [6.45, 7) is -0.112. The lowest BCUT2D eigenvalue weighted by Crippen LogP contribution is -2.38. The molecule has 0 aliphatic carbocycles. The van der Waals surface area contributed by atoms with Crippen molar-refractivity contribution in [2.24, 2.45) is 19.8 Å². The van der Waals surface area contributed by atoms with E-state index in [0.29, 0.717) is 0 Å². The molecule has 0 saturated carbocycles. The summed E-state index contributed by atoms with van der Waals surface area (Å²) in [4.78, 5) is 39.8. The molecule has 0 radical (unpaired) electrons. The van der Waals surface area contributed by atoms with Crippen molar-refractivity contribution in [2.75, 3.05) is 6.61 Å². The molecule has 1 aromatic carbocycles. The van der Waals surface area contributed by atoms with Crippen molar-refractivity contribution in [1.82, 2.24) is 18.7 Å². The highest BCUT2D eigenvalue weighted by Gasteiger charge is 2.17. The molecule has 0 spiro atoms. The number of hydrogen-bond donors (Lipinski definition) is 2. The van der Waals surface area contributed by atoms with E-state index in [1.165, 1.54) is 35.6 Å². The van der Waals surface area contributed by atoms with Crippen molar-refractivity contribution >= 4 is 17.1 Å². The molecule has 1 amide bonds. The fourth-order valence-electron chi connectivity index (χ4n) is 2.80. The van der Waals surface area contributed by atoms with E-state index in [1.54, 1.807) is 18.2 Å². The van der Waals surface area contributed by atoms with Gasteiger partial charge in [0.25, 0.3) is 11.5 Å². The molecule has 3 rings (SSSR count). The third-order valence-corrected chi connectivity index (χ3v) is 4.21. The first-order chi connectivity index (χ1) is 12.8. The lowest BCUT2D eigenvalue weighted by Gasteiger charge is -2.15. The summed E-state index contributed by atoms with van der Waals surface area (Å²) >= 11 is 0. The van der Waals surface area contributed by atoms with E-state index in [1.807, 2.05) is 0 Å². The van der Waals surface area contributed by atoms with Gasteiger partial charge in [-0.05, 0) is 12.1 Å². The second kappa shape index (κ2) is 7.08. The number of aliphatic hydroxyl groups is 1. The standard InChI is InChI=1S/C17H19N5O5/c1-20-15-13(16(25)21(2)17(20)26)22(9-19-15)7-10(23)8-27-12-6-4-3-5-11(12)14(18)24/h3-6,9-10,23H,7-8H2,1-2H3,(H2,18,24)/t10-/m0/s1. The zero-order valence-corrected chi connectivity index (χ0v) is 14.8. The van der Waals surface area contributed by atoms with Gasteiger partial charge in [-0.1, -0.05) is 12.1 Å². The first-order valence-electron chi connectivity index (χ1n) is 8.11. The Morgan fingerprint density at radius 1 is 1.26 bits per heavy atom. The van der Waals surface area contributed by atoms with Gasteiger partial charge in [-0.25, -0.2) is 9.78 Å². The molecule has 27 heavy (non-hydrogen) atoms. The number of aliphatic hydroxyl groups excluding tert-OH is 1. The van der Waals surface area contributed by atoms with Crippen LogP contribution in [0.4, 0.5) is 0 Å². The van der Waals surface area contributed by atoms with Crippen LogP contribution in [0.1, 0.15) is 10.4 Å². The number of ether oxygens (including phenoxy) is 1. The number of imidazole rings is 1. The molecule has 3 N–H and O–H groups in total. The van der Waals surface area contributed by atoms with Crippen molar-refractivity contribution in [2.45, 2.75) is 12.6 Å². The van der Waals surface area contributed by atoms with Gasteiger partial charge in [-0.15, -0.1) is 0 Å². The second-order valence-corrected chi connectivity index (χ2v) is 6.10. The number of benzene rings is 1. The fourth-order valence-corrected chi connectivity index (χ4v) is 2.80. The maximum Gasteiger partial charge on any atom is 0.332 e. The summed E-state index contributed by atoms with van der Waals surface area (Å²) < 4.78 is 9.20. The number of nitrogens with zero attached hydrogens (tertiary/aromatic N) is 4. The van der Waals surface area contributed by atoms with E-state index in [4.69, 9.17) is 10.5 Å². The van der Waals surface area contributed by atoms with Crippen molar-refractivity contribution in [1.29, 1.82) is 0 Å². The van der Waals surface area contributed by atoms with Crippen molar-refractivity contribution in [3.05, 3.63) is 57.0 Å². The number of aryl methyl sites for hydroxylation is 1. The smallest absolute Gasteiger partial charge is 0.332 e. The van der Waals surface area contributed by atoms with Gasteiger partial charge in [0.15, 0.2) is 11.2 Å². The molecule has 3 aromatic rings. The number of hydrogen-bond acceptors (Lipinski definition) is 6. The number of carbonyl (C=O) groups is 1. The molecule has 10 nitrogen and oxygen atoms in total. The minimum Gasteiger partial charge on any atom is -0.490 e. The van der Waals surface area contributed by atoms with Gasteiger partial charge < -0.3 is 20.1 Å². The van der Waals surface area contributed by atoms with E-state index >= 15 is 0 Å². The molecule has 2 heterocycles. The van der Waals surface area contributed by atoms with Crippen LogP contribution in [-0.2, 0) is 20.6 Å². The van der Waals surface area contributed by atoms with E-state index in [-0.39, 0.29) is 35.6 Å². The van der Waals surface area contributed by atoms with Crippen LogP contribution in [0.25, 0.3) is 11.2 Å². The monoisotopic (exact) mass is 373 g/mol. The summed E-state index contributed by atoms with van der Waals surface area (Å²) in [5.74, 6) is -0.372. The third kappa shape index (κ3) is 3.34. The first kappa shape index (κ1) is 18.4. The number of fused-ring (bicyclic) bond motifs is 1. The molecule has 0 bridgehead atoms. The van der Waals surface area contributed by atoms with Crippen LogP contribution >= 0.6 is 0 Å². The zero-order valence-electron chi connectivity index (χ0n) is 14.8. The van der Waals surface area contributed by atoms with Crippen LogP contribution in [-0.4, -0.2) is 42.4 Å². The maximum absolute atomic E-state index is 12.4. The van der Waals surface area contributed by atoms with E-state index in [2.05, 4.69) is 4.98 Å². The predicted octanol–water partition coefficient (Wildman–Crippen LogP) is -1.03. The molecule has 0 aliphatic heterocycles. The van der Waals surface area contributed by atoms with Gasteiger partial charge in [-0.2, -0.15) is 0 Å². The number of rotatable bonds is 6. The molecule has 1 atom stereocenters. The van der Waals surface area contributed by atoms with Crippen LogP contribution in [0.5, 0.6) is 5.75 Å². The lowest BCUT2D eigenvalue weighted by atomic mass is 10.2. The number of nitrogens with two attached hydrogens (primary N) is 1. The maximum atomic E-state index is 12.4. The van der Waals surface area contributed by atoms with E-state index in [0.717, 1.165) is 4.57 Å². The Balaban J connectivity index is 1.82. The third-order valence-electron chi connectivity index (χ3n) is 4.21. The Hall–Kier alpha value is -3.40. The summed E-state index contributed by atoms with van der Waals surface area (Å²) in [6.07, 6.45) is 0.386. The summed E-state index contributed by atoms with van der Waals surface area (Å²) in [6, 6.07) is 6.44. The minimum atomic E-state index is -0.995. The first-order valence-corrected chi connectivity index (χ1v) is 8.11. The van der Waals surface area contributed by atoms with Gasteiger partial charge in [-0.3, -0.25) is 18.7 Å². The van der Waals surface area contributed by atoms with Gasteiger partial charge in [0.05, 0.1) is 18.4 Å². The molecule has 0 aliphatic rings. The highest BCUT2D eigenvalue weighted by Crippen LogP contribution is 2.17. The van der Waals surface area contributed by atoms with E-state index < -0.39 is 23.3 Å². The molecule has 0 unspecified atom stereocenters. The van der Waals surface area contributed by atoms with Crippen LogP contribution in [0.3, 0.4) is 0 Å². The van der Waals surface area contributed by atoms with Gasteiger partial charge in [0.2, 0.25) is 0 Å². The summed E-state index contributed by atoms with van der Waals surface area (Å²) in [5.41, 5.74) is 4.95.